The number of aromatic nitrogens is 2. The number of methoxy groups -OCH3 is 1. The Balaban J connectivity index is 2.07. The maximum atomic E-state index is 12.0. The zero-order valence-electron chi connectivity index (χ0n) is 10.3. The van der Waals surface area contributed by atoms with E-state index in [0.29, 0.717) is 22.6 Å². The van der Waals surface area contributed by atoms with E-state index in [0.717, 1.165) is 5.56 Å². The van der Waals surface area contributed by atoms with E-state index in [1.165, 1.54) is 0 Å². The maximum Gasteiger partial charge on any atom is 0.271 e. The molecule has 0 bridgehead atoms. The Morgan fingerprint density at radius 2 is 2.05 bits per heavy atom. The molecule has 0 unspecified atom stereocenters. The predicted molar refractivity (Wildman–Crippen MR) is 73.9 cm³/mol. The number of amides is 1. The van der Waals surface area contributed by atoms with Crippen LogP contribution < -0.4 is 10.1 Å². The molecule has 0 aliphatic heterocycles. The lowest BCUT2D eigenvalue weighted by molar-refractivity contribution is 0.0945. The van der Waals surface area contributed by atoms with E-state index in [9.17, 15) is 4.79 Å². The highest BCUT2D eigenvalue weighted by atomic mass is 79.9. The molecule has 0 saturated carbocycles. The van der Waals surface area contributed by atoms with Crippen LogP contribution in [0.1, 0.15) is 16.1 Å². The minimum Gasteiger partial charge on any atom is -0.481 e. The normalized spacial score (nSPS) is 10.0. The van der Waals surface area contributed by atoms with Crippen LogP contribution in [0.4, 0.5) is 0 Å². The van der Waals surface area contributed by atoms with Gasteiger partial charge in [0.15, 0.2) is 0 Å². The summed E-state index contributed by atoms with van der Waals surface area (Å²) >= 11 is 3.29. The zero-order chi connectivity index (χ0) is 13.7. The first-order valence-electron chi connectivity index (χ1n) is 5.59. The van der Waals surface area contributed by atoms with Crippen molar-refractivity contribution < 1.29 is 9.53 Å². The van der Waals surface area contributed by atoms with Gasteiger partial charge in [0.25, 0.3) is 5.91 Å². The van der Waals surface area contributed by atoms with Crippen molar-refractivity contribution in [3.8, 4) is 5.88 Å². The lowest BCUT2D eigenvalue weighted by Gasteiger charge is -2.08. The number of hydrogen-bond acceptors (Lipinski definition) is 4. The third kappa shape index (κ3) is 3.29. The standard InChI is InChI=1S/C13H12BrN3O2/c1-19-13-9(4-2-7-16-13)8-17-12(18)11-10(14)5-3-6-15-11/h2-7H,8H2,1H3,(H,17,18). The predicted octanol–water partition coefficient (Wildman–Crippen LogP) is 2.18. The van der Waals surface area contributed by atoms with Gasteiger partial charge in [0.1, 0.15) is 5.69 Å². The number of halogens is 1. The third-order valence-electron chi connectivity index (χ3n) is 2.46. The summed E-state index contributed by atoms with van der Waals surface area (Å²) in [5, 5.41) is 2.78. The second kappa shape index (κ2) is 6.29. The molecule has 2 rings (SSSR count). The number of rotatable bonds is 4. The van der Waals surface area contributed by atoms with Crippen molar-refractivity contribution >= 4 is 21.8 Å². The van der Waals surface area contributed by atoms with Crippen LogP contribution in [0, 0.1) is 0 Å². The SMILES string of the molecule is COc1ncccc1CNC(=O)c1ncccc1Br. The molecular formula is C13H12BrN3O2. The number of ether oxygens (including phenoxy) is 1. The Hall–Kier alpha value is -1.95. The van der Waals surface area contributed by atoms with E-state index < -0.39 is 0 Å². The molecule has 6 heteroatoms. The van der Waals surface area contributed by atoms with Crippen molar-refractivity contribution in [2.24, 2.45) is 0 Å². The second-order valence-corrected chi connectivity index (χ2v) is 4.54. The molecule has 19 heavy (non-hydrogen) atoms. The van der Waals surface area contributed by atoms with Crippen LogP contribution >= 0.6 is 15.9 Å². The van der Waals surface area contributed by atoms with Crippen molar-refractivity contribution in [3.63, 3.8) is 0 Å². The average Bonchev–Trinajstić information content (AvgIpc) is 2.45. The van der Waals surface area contributed by atoms with Gasteiger partial charge >= 0.3 is 0 Å². The number of carbonyl (C=O) groups excluding carboxylic acids is 1. The van der Waals surface area contributed by atoms with Gasteiger partial charge in [-0.1, -0.05) is 6.07 Å². The molecule has 0 spiro atoms. The van der Waals surface area contributed by atoms with Gasteiger partial charge in [0.2, 0.25) is 5.88 Å². The summed E-state index contributed by atoms with van der Waals surface area (Å²) in [7, 11) is 1.54. The summed E-state index contributed by atoms with van der Waals surface area (Å²) in [5.74, 6) is 0.251. The number of nitrogens with zero attached hydrogens (tertiary/aromatic N) is 2. The summed E-state index contributed by atoms with van der Waals surface area (Å²) in [6, 6.07) is 7.16. The fourth-order valence-electron chi connectivity index (χ4n) is 1.55. The summed E-state index contributed by atoms with van der Waals surface area (Å²) in [5.41, 5.74) is 1.16. The molecule has 1 N–H and O–H groups in total. The van der Waals surface area contributed by atoms with Crippen molar-refractivity contribution in [2.75, 3.05) is 7.11 Å². The monoisotopic (exact) mass is 321 g/mol. The number of carbonyl (C=O) groups is 1. The zero-order valence-corrected chi connectivity index (χ0v) is 11.8. The third-order valence-corrected chi connectivity index (χ3v) is 3.10. The van der Waals surface area contributed by atoms with Gasteiger partial charge in [-0.15, -0.1) is 0 Å². The molecule has 5 nitrogen and oxygen atoms in total. The minimum atomic E-state index is -0.251. The Morgan fingerprint density at radius 3 is 2.79 bits per heavy atom. The molecule has 0 fully saturated rings. The van der Waals surface area contributed by atoms with Crippen LogP contribution in [0.5, 0.6) is 5.88 Å². The molecule has 0 aliphatic rings. The molecule has 2 heterocycles. The molecule has 0 radical (unpaired) electrons. The van der Waals surface area contributed by atoms with Crippen LogP contribution in [0.3, 0.4) is 0 Å². The first-order valence-corrected chi connectivity index (χ1v) is 6.38. The molecule has 2 aromatic rings. The molecule has 98 valence electrons. The highest BCUT2D eigenvalue weighted by Crippen LogP contribution is 2.15. The van der Waals surface area contributed by atoms with E-state index in [1.54, 1.807) is 37.7 Å². The van der Waals surface area contributed by atoms with Gasteiger partial charge in [0, 0.05) is 29.0 Å². The minimum absolute atomic E-state index is 0.251. The largest absolute Gasteiger partial charge is 0.481 e. The van der Waals surface area contributed by atoms with Gasteiger partial charge in [0.05, 0.1) is 7.11 Å². The Bertz CT molecular complexity index is 590. The number of pyridine rings is 2. The van der Waals surface area contributed by atoms with Crippen molar-refractivity contribution in [1.82, 2.24) is 15.3 Å². The fourth-order valence-corrected chi connectivity index (χ4v) is 1.99. The Labute approximate surface area is 119 Å². The Kier molecular flexibility index (Phi) is 4.46. The van der Waals surface area contributed by atoms with Crippen LogP contribution in [0.25, 0.3) is 0 Å². The fraction of sp³-hybridized carbons (Fsp3) is 0.154. The van der Waals surface area contributed by atoms with Crippen LogP contribution in [-0.4, -0.2) is 23.0 Å². The van der Waals surface area contributed by atoms with Gasteiger partial charge in [-0.25, -0.2) is 9.97 Å². The summed E-state index contributed by atoms with van der Waals surface area (Å²) in [6.45, 7) is 0.332. The van der Waals surface area contributed by atoms with E-state index in [2.05, 4.69) is 31.2 Å². The molecule has 1 amide bonds. The highest BCUT2D eigenvalue weighted by Gasteiger charge is 2.11. The van der Waals surface area contributed by atoms with Crippen LogP contribution in [0.15, 0.2) is 41.1 Å². The summed E-state index contributed by atoms with van der Waals surface area (Å²) in [6.07, 6.45) is 3.21. The van der Waals surface area contributed by atoms with Crippen LogP contribution in [0.2, 0.25) is 0 Å². The maximum absolute atomic E-state index is 12.0. The summed E-state index contributed by atoms with van der Waals surface area (Å²) < 4.78 is 5.78. The smallest absolute Gasteiger partial charge is 0.271 e. The molecule has 0 aromatic carbocycles. The van der Waals surface area contributed by atoms with Crippen molar-refractivity contribution in [2.45, 2.75) is 6.54 Å². The molecule has 2 aromatic heterocycles. The number of hydrogen-bond donors (Lipinski definition) is 1. The van der Waals surface area contributed by atoms with Gasteiger partial charge in [-0.2, -0.15) is 0 Å². The molecular weight excluding hydrogens is 310 g/mol. The van der Waals surface area contributed by atoms with Gasteiger partial charge in [-0.05, 0) is 34.1 Å². The van der Waals surface area contributed by atoms with Crippen molar-refractivity contribution in [3.05, 3.63) is 52.4 Å². The second-order valence-electron chi connectivity index (χ2n) is 3.69. The molecule has 0 atom stereocenters. The molecule has 0 saturated heterocycles. The number of nitrogens with one attached hydrogen (secondary N) is 1. The van der Waals surface area contributed by atoms with E-state index in [4.69, 9.17) is 4.74 Å². The first kappa shape index (κ1) is 13.5. The van der Waals surface area contributed by atoms with E-state index >= 15 is 0 Å². The average molecular weight is 322 g/mol. The lowest BCUT2D eigenvalue weighted by Crippen LogP contribution is -2.24. The highest BCUT2D eigenvalue weighted by molar-refractivity contribution is 9.10. The van der Waals surface area contributed by atoms with Crippen LogP contribution in [-0.2, 0) is 6.54 Å². The summed E-state index contributed by atoms with van der Waals surface area (Å²) in [4.78, 5) is 20.1. The van der Waals surface area contributed by atoms with Gasteiger partial charge in [-0.3, -0.25) is 4.79 Å². The Morgan fingerprint density at radius 1 is 1.32 bits per heavy atom. The lowest BCUT2D eigenvalue weighted by atomic mass is 10.2. The first-order chi connectivity index (χ1) is 9.22. The van der Waals surface area contributed by atoms with Gasteiger partial charge < -0.3 is 10.1 Å². The van der Waals surface area contributed by atoms with E-state index in [1.807, 2.05) is 6.07 Å². The topological polar surface area (TPSA) is 64.1 Å². The van der Waals surface area contributed by atoms with E-state index in [-0.39, 0.29) is 5.91 Å². The quantitative estimate of drug-likeness (QED) is 0.937. The molecule has 0 aliphatic carbocycles. The van der Waals surface area contributed by atoms with Crippen molar-refractivity contribution in [1.29, 1.82) is 0 Å².